The zero-order valence-electron chi connectivity index (χ0n) is 11.1. The van der Waals surface area contributed by atoms with Crippen LogP contribution in [0.15, 0.2) is 30.3 Å². The van der Waals surface area contributed by atoms with E-state index in [1.807, 2.05) is 32.0 Å². The lowest BCUT2D eigenvalue weighted by Gasteiger charge is -2.06. The van der Waals surface area contributed by atoms with Crippen molar-refractivity contribution in [3.8, 4) is 0 Å². The van der Waals surface area contributed by atoms with Gasteiger partial charge in [0.1, 0.15) is 0 Å². The Labute approximate surface area is 107 Å². The highest BCUT2D eigenvalue weighted by atomic mass is 16.2. The molecule has 0 aliphatic rings. The standard InChI is InChI=1S/C15H18N2O/c1-11-6-4-5-7-14(11)8-9-15(18)17-13(3)10-12(2)16-17/h4-7,10H,8-9H2,1-3H3. The summed E-state index contributed by atoms with van der Waals surface area (Å²) in [7, 11) is 0. The normalized spacial score (nSPS) is 10.6. The lowest BCUT2D eigenvalue weighted by Crippen LogP contribution is -2.15. The molecular weight excluding hydrogens is 224 g/mol. The fraction of sp³-hybridized carbons (Fsp3) is 0.333. The lowest BCUT2D eigenvalue weighted by molar-refractivity contribution is 0.0884. The van der Waals surface area contributed by atoms with Gasteiger partial charge in [0.25, 0.3) is 0 Å². The fourth-order valence-electron chi connectivity index (χ4n) is 2.12. The highest BCUT2D eigenvalue weighted by Crippen LogP contribution is 2.11. The maximum Gasteiger partial charge on any atom is 0.247 e. The van der Waals surface area contributed by atoms with Crippen molar-refractivity contribution in [3.63, 3.8) is 0 Å². The van der Waals surface area contributed by atoms with E-state index >= 15 is 0 Å². The smallest absolute Gasteiger partial charge is 0.247 e. The predicted octanol–water partition coefficient (Wildman–Crippen LogP) is 3.08. The van der Waals surface area contributed by atoms with Crippen LogP contribution in [0.5, 0.6) is 0 Å². The molecule has 2 rings (SSSR count). The van der Waals surface area contributed by atoms with Crippen molar-refractivity contribution in [2.45, 2.75) is 33.6 Å². The predicted molar refractivity (Wildman–Crippen MR) is 71.8 cm³/mol. The topological polar surface area (TPSA) is 34.9 Å². The van der Waals surface area contributed by atoms with Gasteiger partial charge in [-0.2, -0.15) is 5.10 Å². The second-order valence-corrected chi connectivity index (χ2v) is 4.66. The highest BCUT2D eigenvalue weighted by Gasteiger charge is 2.10. The summed E-state index contributed by atoms with van der Waals surface area (Å²) >= 11 is 0. The average molecular weight is 242 g/mol. The maximum absolute atomic E-state index is 12.1. The quantitative estimate of drug-likeness (QED) is 0.829. The molecule has 1 heterocycles. The second kappa shape index (κ2) is 5.17. The number of hydrogen-bond acceptors (Lipinski definition) is 2. The zero-order valence-corrected chi connectivity index (χ0v) is 11.1. The number of carbonyl (C=O) groups is 1. The van der Waals surface area contributed by atoms with Gasteiger partial charge < -0.3 is 0 Å². The zero-order chi connectivity index (χ0) is 13.1. The molecule has 0 fully saturated rings. The third kappa shape index (κ3) is 2.67. The van der Waals surface area contributed by atoms with E-state index in [0.717, 1.165) is 17.8 Å². The van der Waals surface area contributed by atoms with Crippen molar-refractivity contribution in [1.29, 1.82) is 0 Å². The number of aryl methyl sites for hydroxylation is 4. The highest BCUT2D eigenvalue weighted by molar-refractivity contribution is 5.79. The van der Waals surface area contributed by atoms with Crippen LogP contribution in [0.2, 0.25) is 0 Å². The van der Waals surface area contributed by atoms with Crippen molar-refractivity contribution in [3.05, 3.63) is 52.8 Å². The van der Waals surface area contributed by atoms with Gasteiger partial charge in [0.2, 0.25) is 5.91 Å². The molecule has 1 aromatic heterocycles. The van der Waals surface area contributed by atoms with Crippen LogP contribution in [0.1, 0.15) is 33.7 Å². The third-order valence-electron chi connectivity index (χ3n) is 3.12. The Balaban J connectivity index is 2.05. The second-order valence-electron chi connectivity index (χ2n) is 4.66. The molecule has 18 heavy (non-hydrogen) atoms. The molecular formula is C15H18N2O. The Morgan fingerprint density at radius 2 is 1.94 bits per heavy atom. The molecule has 2 aromatic rings. The van der Waals surface area contributed by atoms with E-state index in [9.17, 15) is 4.79 Å². The first-order chi connectivity index (χ1) is 8.58. The van der Waals surface area contributed by atoms with Crippen LogP contribution in [-0.4, -0.2) is 15.7 Å². The largest absolute Gasteiger partial charge is 0.273 e. The van der Waals surface area contributed by atoms with E-state index < -0.39 is 0 Å². The summed E-state index contributed by atoms with van der Waals surface area (Å²) in [6, 6.07) is 10.1. The SMILES string of the molecule is Cc1cc(C)n(C(=O)CCc2ccccc2C)n1. The van der Waals surface area contributed by atoms with E-state index in [1.165, 1.54) is 15.8 Å². The first-order valence-electron chi connectivity index (χ1n) is 6.19. The summed E-state index contributed by atoms with van der Waals surface area (Å²) in [4.78, 5) is 12.1. The number of nitrogens with zero attached hydrogens (tertiary/aromatic N) is 2. The molecule has 0 unspecified atom stereocenters. The van der Waals surface area contributed by atoms with Gasteiger partial charge in [-0.05, 0) is 44.4 Å². The van der Waals surface area contributed by atoms with E-state index in [2.05, 4.69) is 24.2 Å². The molecule has 0 aliphatic heterocycles. The van der Waals surface area contributed by atoms with Crippen LogP contribution < -0.4 is 0 Å². The minimum atomic E-state index is 0.0591. The van der Waals surface area contributed by atoms with Crippen molar-refractivity contribution in [1.82, 2.24) is 9.78 Å². The van der Waals surface area contributed by atoms with E-state index in [-0.39, 0.29) is 5.91 Å². The Morgan fingerprint density at radius 1 is 1.22 bits per heavy atom. The maximum atomic E-state index is 12.1. The van der Waals surface area contributed by atoms with E-state index in [0.29, 0.717) is 6.42 Å². The minimum Gasteiger partial charge on any atom is -0.273 e. The van der Waals surface area contributed by atoms with Crippen LogP contribution in [0, 0.1) is 20.8 Å². The van der Waals surface area contributed by atoms with Crippen molar-refractivity contribution in [2.75, 3.05) is 0 Å². The summed E-state index contributed by atoms with van der Waals surface area (Å²) < 4.78 is 1.51. The average Bonchev–Trinajstić information content (AvgIpc) is 2.67. The molecule has 0 bridgehead atoms. The van der Waals surface area contributed by atoms with Gasteiger partial charge in [0.15, 0.2) is 0 Å². The van der Waals surface area contributed by atoms with Gasteiger partial charge in [-0.3, -0.25) is 4.79 Å². The van der Waals surface area contributed by atoms with Crippen molar-refractivity contribution >= 4 is 5.91 Å². The van der Waals surface area contributed by atoms with Gasteiger partial charge in [0.05, 0.1) is 5.69 Å². The molecule has 0 spiro atoms. The molecule has 0 atom stereocenters. The molecule has 3 nitrogen and oxygen atoms in total. The van der Waals surface area contributed by atoms with Gasteiger partial charge in [-0.15, -0.1) is 0 Å². The Hall–Kier alpha value is -1.90. The van der Waals surface area contributed by atoms with E-state index in [1.54, 1.807) is 0 Å². The molecule has 1 aromatic carbocycles. The van der Waals surface area contributed by atoms with Gasteiger partial charge in [0, 0.05) is 12.1 Å². The van der Waals surface area contributed by atoms with Gasteiger partial charge in [-0.1, -0.05) is 24.3 Å². The summed E-state index contributed by atoms with van der Waals surface area (Å²) in [6.45, 7) is 5.88. The van der Waals surface area contributed by atoms with Gasteiger partial charge in [-0.25, -0.2) is 4.68 Å². The molecule has 0 radical (unpaired) electrons. The molecule has 3 heteroatoms. The van der Waals surface area contributed by atoms with Crippen LogP contribution >= 0.6 is 0 Å². The number of hydrogen-bond donors (Lipinski definition) is 0. The van der Waals surface area contributed by atoms with Gasteiger partial charge >= 0.3 is 0 Å². The lowest BCUT2D eigenvalue weighted by atomic mass is 10.0. The number of aromatic nitrogens is 2. The van der Waals surface area contributed by atoms with Crippen LogP contribution in [0.3, 0.4) is 0 Å². The molecule has 0 aliphatic carbocycles. The Morgan fingerprint density at radius 3 is 2.56 bits per heavy atom. The minimum absolute atomic E-state index is 0.0591. The molecule has 0 saturated carbocycles. The van der Waals surface area contributed by atoms with Crippen LogP contribution in [0.25, 0.3) is 0 Å². The van der Waals surface area contributed by atoms with Crippen LogP contribution in [0.4, 0.5) is 0 Å². The summed E-state index contributed by atoms with van der Waals surface area (Å²) in [6.07, 6.45) is 1.26. The summed E-state index contributed by atoms with van der Waals surface area (Å²) in [5.41, 5.74) is 4.25. The molecule has 0 amide bonds. The number of benzene rings is 1. The molecule has 0 N–H and O–H groups in total. The fourth-order valence-corrected chi connectivity index (χ4v) is 2.12. The molecule has 94 valence electrons. The van der Waals surface area contributed by atoms with Crippen molar-refractivity contribution < 1.29 is 4.79 Å². The Bertz CT molecular complexity index is 570. The molecule has 0 saturated heterocycles. The van der Waals surface area contributed by atoms with Crippen molar-refractivity contribution in [2.24, 2.45) is 0 Å². The first-order valence-corrected chi connectivity index (χ1v) is 6.19. The number of carbonyl (C=O) groups excluding carboxylic acids is 1. The number of rotatable bonds is 3. The monoisotopic (exact) mass is 242 g/mol. The van der Waals surface area contributed by atoms with Crippen LogP contribution in [-0.2, 0) is 6.42 Å². The summed E-state index contributed by atoms with van der Waals surface area (Å²) in [5, 5.41) is 4.21. The Kier molecular flexibility index (Phi) is 3.60. The first kappa shape index (κ1) is 12.6. The third-order valence-corrected chi connectivity index (χ3v) is 3.12. The summed E-state index contributed by atoms with van der Waals surface area (Å²) in [5.74, 6) is 0.0591. The van der Waals surface area contributed by atoms with E-state index in [4.69, 9.17) is 0 Å².